The first-order valence-corrected chi connectivity index (χ1v) is 13.3. The van der Waals surface area contributed by atoms with E-state index in [1.807, 2.05) is 0 Å². The molecule has 5 aromatic rings. The van der Waals surface area contributed by atoms with E-state index in [2.05, 4.69) is 19.9 Å². The minimum absolute atomic E-state index is 0.0753. The van der Waals surface area contributed by atoms with Gasteiger partial charge in [-0.2, -0.15) is 0 Å². The number of carbonyl (C=O) groups excluding carboxylic acids is 1. The number of pyridine rings is 3. The molecule has 2 N–H and O–H groups in total. The largest absolute Gasteiger partial charge is 0.507 e. The Morgan fingerprint density at radius 3 is 2.32 bits per heavy atom. The minimum atomic E-state index is -1.44. The van der Waals surface area contributed by atoms with Crippen LogP contribution in [0.15, 0.2) is 52.2 Å². The molecule has 0 fully saturated rings. The van der Waals surface area contributed by atoms with Crippen LogP contribution < -0.4 is 10.5 Å². The van der Waals surface area contributed by atoms with Gasteiger partial charge in [0.05, 0.1) is 22.4 Å². The highest BCUT2D eigenvalue weighted by atomic mass is 35.5. The molecule has 0 aromatic carbocycles. The molecule has 6 heterocycles. The Morgan fingerprint density at radius 1 is 0.946 bits per heavy atom. The van der Waals surface area contributed by atoms with Crippen molar-refractivity contribution in [3.63, 3.8) is 0 Å². The molecular formula is C23H14Cl2N6O4S2. The molecule has 1 aliphatic rings. The topological polar surface area (TPSA) is 134 Å². The highest BCUT2D eigenvalue weighted by Gasteiger charge is 2.43. The number of aromatic hydroxyl groups is 1. The highest BCUT2D eigenvalue weighted by Crippen LogP contribution is 2.41. The number of thiazole rings is 2. The quantitative estimate of drug-likeness (QED) is 0.303. The first kappa shape index (κ1) is 23.9. The summed E-state index contributed by atoms with van der Waals surface area (Å²) < 4.78 is 1.24. The van der Waals surface area contributed by atoms with Crippen molar-refractivity contribution in [2.24, 2.45) is 5.92 Å². The Kier molecular flexibility index (Phi) is 5.92. The summed E-state index contributed by atoms with van der Waals surface area (Å²) in [7, 11) is 0. The van der Waals surface area contributed by atoms with Crippen LogP contribution in [0.2, 0.25) is 10.3 Å². The second-order valence-electron chi connectivity index (χ2n) is 8.07. The second-order valence-corrected chi connectivity index (χ2v) is 10.6. The molecule has 0 saturated heterocycles. The highest BCUT2D eigenvalue weighted by molar-refractivity contribution is 7.13. The number of nitrogens with zero attached hydrogens (tertiary/aromatic N) is 6. The second kappa shape index (κ2) is 9.15. The number of hydrogen-bond acceptors (Lipinski definition) is 11. The van der Waals surface area contributed by atoms with E-state index in [4.69, 9.17) is 23.2 Å². The van der Waals surface area contributed by atoms with Crippen molar-refractivity contribution in [1.82, 2.24) is 24.5 Å². The number of halogens is 2. The lowest BCUT2D eigenvalue weighted by Crippen LogP contribution is -2.47. The number of aromatic nitrogens is 5. The molecule has 0 spiro atoms. The predicted molar refractivity (Wildman–Crippen MR) is 141 cm³/mol. The lowest BCUT2D eigenvalue weighted by Gasteiger charge is -2.37. The van der Waals surface area contributed by atoms with Crippen molar-refractivity contribution in [3.8, 4) is 10.9 Å². The van der Waals surface area contributed by atoms with Gasteiger partial charge in [0.15, 0.2) is 21.7 Å². The van der Waals surface area contributed by atoms with Gasteiger partial charge in [0, 0.05) is 23.2 Å². The summed E-state index contributed by atoms with van der Waals surface area (Å²) >= 11 is 14.6. The van der Waals surface area contributed by atoms with Crippen LogP contribution >= 0.6 is 45.9 Å². The molecule has 6 rings (SSSR count). The van der Waals surface area contributed by atoms with E-state index in [1.165, 1.54) is 62.6 Å². The summed E-state index contributed by atoms with van der Waals surface area (Å²) in [4.78, 5) is 45.7. The molecule has 37 heavy (non-hydrogen) atoms. The summed E-state index contributed by atoms with van der Waals surface area (Å²) in [6.45, 7) is 0. The molecule has 2 unspecified atom stereocenters. The van der Waals surface area contributed by atoms with Crippen LogP contribution in [0.3, 0.4) is 0 Å². The molecule has 0 bridgehead atoms. The number of aliphatic hydroxyl groups is 1. The van der Waals surface area contributed by atoms with Gasteiger partial charge in [-0.15, -0.1) is 22.7 Å². The minimum Gasteiger partial charge on any atom is -0.507 e. The maximum absolute atomic E-state index is 13.7. The van der Waals surface area contributed by atoms with E-state index in [1.54, 1.807) is 17.0 Å². The maximum Gasteiger partial charge on any atom is 0.265 e. The standard InChI is InChI=1S/C23H14Cl2N6O4S2/c24-14-3-1-10-16(32)12(20(34)30(18(10)28-14)22-26-5-7-36-22)9-13-17(33)11-2-4-15(25)29-19(11)31(21(13)35)23-27-6-8-37-23/h1-8,12,20,33-34H,9H2. The third kappa shape index (κ3) is 3.88. The van der Waals surface area contributed by atoms with Crippen molar-refractivity contribution in [3.05, 3.63) is 79.2 Å². The summed E-state index contributed by atoms with van der Waals surface area (Å²) in [6.07, 6.45) is 1.37. The molecule has 0 radical (unpaired) electrons. The predicted octanol–water partition coefficient (Wildman–Crippen LogP) is 4.22. The van der Waals surface area contributed by atoms with Crippen molar-refractivity contribution < 1.29 is 15.0 Å². The number of rotatable bonds is 4. The first-order valence-electron chi connectivity index (χ1n) is 10.8. The average Bonchev–Trinajstić information content (AvgIpc) is 3.59. The summed E-state index contributed by atoms with van der Waals surface area (Å²) in [6, 6.07) is 6.02. The van der Waals surface area contributed by atoms with Gasteiger partial charge in [-0.3, -0.25) is 14.5 Å². The van der Waals surface area contributed by atoms with Gasteiger partial charge in [0.2, 0.25) is 0 Å². The van der Waals surface area contributed by atoms with Gasteiger partial charge in [-0.25, -0.2) is 24.5 Å². The monoisotopic (exact) mass is 572 g/mol. The van der Waals surface area contributed by atoms with Crippen molar-refractivity contribution in [2.45, 2.75) is 12.6 Å². The zero-order valence-electron chi connectivity index (χ0n) is 18.4. The number of anilines is 2. The van der Waals surface area contributed by atoms with E-state index >= 15 is 0 Å². The number of fused-ring (bicyclic) bond motifs is 2. The van der Waals surface area contributed by atoms with Crippen LogP contribution in [-0.2, 0) is 6.42 Å². The van der Waals surface area contributed by atoms with Crippen molar-refractivity contribution in [1.29, 1.82) is 0 Å². The number of Topliss-reactive ketones (excluding diaryl/α,β-unsaturated/α-hetero) is 1. The number of ketones is 1. The molecule has 0 saturated carbocycles. The normalized spacial score (nSPS) is 17.4. The van der Waals surface area contributed by atoms with Crippen LogP contribution in [-0.4, -0.2) is 46.7 Å². The SMILES string of the molecule is O=C1c2ccc(Cl)nc2N(c2nccs2)C(O)C1Cc1c(O)c2ccc(Cl)nc2n(-c2nccs2)c1=O. The van der Waals surface area contributed by atoms with Crippen LogP contribution in [0, 0.1) is 5.92 Å². The summed E-state index contributed by atoms with van der Waals surface area (Å²) in [5.74, 6) is -1.77. The fourth-order valence-corrected chi connectivity index (χ4v) is 5.96. The van der Waals surface area contributed by atoms with E-state index in [0.717, 1.165) is 0 Å². The van der Waals surface area contributed by atoms with Crippen molar-refractivity contribution >= 4 is 73.6 Å². The number of carbonyl (C=O) groups is 1. The van der Waals surface area contributed by atoms with E-state index in [0.29, 0.717) is 10.3 Å². The Labute approximate surface area is 226 Å². The molecular weight excluding hydrogens is 559 g/mol. The third-order valence-electron chi connectivity index (χ3n) is 6.01. The molecule has 5 aromatic heterocycles. The lowest BCUT2D eigenvalue weighted by atomic mass is 9.86. The lowest BCUT2D eigenvalue weighted by molar-refractivity contribution is 0.0660. The molecule has 10 nitrogen and oxygen atoms in total. The maximum atomic E-state index is 13.7. The molecule has 0 amide bonds. The Bertz CT molecular complexity index is 1730. The fourth-order valence-electron chi connectivity index (χ4n) is 4.36. The summed E-state index contributed by atoms with van der Waals surface area (Å²) in [5.41, 5.74) is -0.370. The Balaban J connectivity index is 1.54. The number of aliphatic hydroxyl groups excluding tert-OH is 1. The van der Waals surface area contributed by atoms with Gasteiger partial charge in [0.1, 0.15) is 28.1 Å². The zero-order valence-corrected chi connectivity index (χ0v) is 21.6. The van der Waals surface area contributed by atoms with Crippen molar-refractivity contribution in [2.75, 3.05) is 4.90 Å². The smallest absolute Gasteiger partial charge is 0.265 e. The molecule has 1 aliphatic heterocycles. The number of hydrogen-bond donors (Lipinski definition) is 2. The van der Waals surface area contributed by atoms with Gasteiger partial charge < -0.3 is 10.2 Å². The Hall–Kier alpha value is -3.42. The Morgan fingerprint density at radius 2 is 1.62 bits per heavy atom. The van der Waals surface area contributed by atoms with Gasteiger partial charge in [-0.05, 0) is 30.7 Å². The van der Waals surface area contributed by atoms with Crippen LogP contribution in [0.25, 0.3) is 16.2 Å². The van der Waals surface area contributed by atoms with Crippen LogP contribution in [0.4, 0.5) is 10.9 Å². The fraction of sp³-hybridized carbons (Fsp3) is 0.130. The first-order chi connectivity index (χ1) is 17.8. The van der Waals surface area contributed by atoms with E-state index in [-0.39, 0.29) is 50.5 Å². The van der Waals surface area contributed by atoms with Gasteiger partial charge in [0.25, 0.3) is 5.56 Å². The van der Waals surface area contributed by atoms with Crippen LogP contribution in [0.5, 0.6) is 5.75 Å². The molecule has 2 atom stereocenters. The van der Waals surface area contributed by atoms with Gasteiger partial charge >= 0.3 is 0 Å². The third-order valence-corrected chi connectivity index (χ3v) is 7.96. The van der Waals surface area contributed by atoms with E-state index in [9.17, 15) is 19.8 Å². The molecule has 0 aliphatic carbocycles. The molecule has 14 heteroatoms. The van der Waals surface area contributed by atoms with Crippen LogP contribution in [0.1, 0.15) is 15.9 Å². The molecule has 186 valence electrons. The van der Waals surface area contributed by atoms with E-state index < -0.39 is 23.5 Å². The summed E-state index contributed by atoms with van der Waals surface area (Å²) in [5, 5.41) is 27.2. The zero-order chi connectivity index (χ0) is 25.8. The average molecular weight is 573 g/mol. The van der Waals surface area contributed by atoms with Gasteiger partial charge in [-0.1, -0.05) is 23.2 Å².